The van der Waals surface area contributed by atoms with Crippen molar-refractivity contribution in [3.63, 3.8) is 0 Å². The van der Waals surface area contributed by atoms with Crippen molar-refractivity contribution in [1.82, 2.24) is 4.98 Å². The Labute approximate surface area is 102 Å². The first-order valence-electron chi connectivity index (χ1n) is 5.54. The Balaban J connectivity index is 0.000000171. The molecule has 17 heavy (non-hydrogen) atoms. The zero-order valence-electron chi connectivity index (χ0n) is 10.8. The molecule has 2 aromatic rings. The highest BCUT2D eigenvalue weighted by Gasteiger charge is 1.97. The second-order valence-corrected chi connectivity index (χ2v) is 4.31. The van der Waals surface area contributed by atoms with Gasteiger partial charge < -0.3 is 0 Å². The van der Waals surface area contributed by atoms with Gasteiger partial charge in [0.2, 0.25) is 12.4 Å². The van der Waals surface area contributed by atoms with E-state index in [4.69, 9.17) is 5.21 Å². The van der Waals surface area contributed by atoms with Gasteiger partial charge in [-0.25, -0.2) is 0 Å². The molecule has 3 heteroatoms. The summed E-state index contributed by atoms with van der Waals surface area (Å²) in [6, 6.07) is 4.11. The van der Waals surface area contributed by atoms with Gasteiger partial charge >= 0.3 is 0 Å². The van der Waals surface area contributed by atoms with Crippen molar-refractivity contribution in [2.24, 2.45) is 0 Å². The summed E-state index contributed by atoms with van der Waals surface area (Å²) in [4.78, 5) is 3.98. The summed E-state index contributed by atoms with van der Waals surface area (Å²) >= 11 is 0. The van der Waals surface area contributed by atoms with Crippen molar-refractivity contribution in [1.29, 1.82) is 0 Å². The molecule has 1 N–H and O–H groups in total. The molecule has 0 saturated heterocycles. The van der Waals surface area contributed by atoms with E-state index in [-0.39, 0.29) is 0 Å². The van der Waals surface area contributed by atoms with Gasteiger partial charge in [0.05, 0.1) is 0 Å². The lowest BCUT2D eigenvalue weighted by Gasteiger charge is -1.89. The third-order valence-corrected chi connectivity index (χ3v) is 2.14. The summed E-state index contributed by atoms with van der Waals surface area (Å²) < 4.78 is 1.07. The molecular weight excluding hydrogens is 212 g/mol. The van der Waals surface area contributed by atoms with Crippen molar-refractivity contribution >= 4 is 0 Å². The summed E-state index contributed by atoms with van der Waals surface area (Å²) in [5, 5.41) is 8.91. The summed E-state index contributed by atoms with van der Waals surface area (Å²) in [5.74, 6) is 0. The van der Waals surface area contributed by atoms with Gasteiger partial charge in [-0.1, -0.05) is 6.07 Å². The van der Waals surface area contributed by atoms with E-state index in [1.165, 1.54) is 11.1 Å². The Morgan fingerprint density at radius 3 is 1.53 bits per heavy atom. The minimum absolute atomic E-state index is 1.07. The smallest absolute Gasteiger partial charge is 0.225 e. The normalized spacial score (nSPS) is 9.41. The zero-order chi connectivity index (χ0) is 12.8. The lowest BCUT2D eigenvalue weighted by Crippen LogP contribution is -2.29. The molecule has 0 bridgehead atoms. The van der Waals surface area contributed by atoms with Gasteiger partial charge in [0.25, 0.3) is 0 Å². The standard InChI is InChI=1S/C7H10NO.C7H9N/c1-6-3-7(2)5-8(9)4-6;1-6-3-7(2)5-8-4-6/h3-5,9H,1-2H3;3-5H,1-2H3/q+1;. The fourth-order valence-electron chi connectivity index (χ4n) is 1.59. The molecule has 0 amide bonds. The molecule has 3 nitrogen and oxygen atoms in total. The van der Waals surface area contributed by atoms with Gasteiger partial charge in [-0.15, -0.1) is 0 Å². The maximum Gasteiger partial charge on any atom is 0.225 e. The zero-order valence-corrected chi connectivity index (χ0v) is 10.8. The van der Waals surface area contributed by atoms with E-state index < -0.39 is 0 Å². The van der Waals surface area contributed by atoms with E-state index in [0.29, 0.717) is 0 Å². The van der Waals surface area contributed by atoms with Crippen LogP contribution in [0.4, 0.5) is 0 Å². The SMILES string of the molecule is Cc1cc(C)c[n+](O)c1.Cc1cncc(C)c1. The van der Waals surface area contributed by atoms with Gasteiger partial charge in [-0.05, 0) is 44.9 Å². The van der Waals surface area contributed by atoms with E-state index in [1.807, 2.05) is 46.2 Å². The molecule has 0 unspecified atom stereocenters. The predicted molar refractivity (Wildman–Crippen MR) is 67.0 cm³/mol. The molecule has 0 fully saturated rings. The van der Waals surface area contributed by atoms with Gasteiger partial charge in [-0.3, -0.25) is 10.2 Å². The quantitative estimate of drug-likeness (QED) is 0.559. The Morgan fingerprint density at radius 2 is 1.24 bits per heavy atom. The second-order valence-electron chi connectivity index (χ2n) is 4.31. The first kappa shape index (κ1) is 13.2. The molecular formula is C14H19N2O+. The van der Waals surface area contributed by atoms with E-state index in [9.17, 15) is 0 Å². The Kier molecular flexibility index (Phi) is 4.64. The molecule has 2 heterocycles. The average Bonchev–Trinajstić information content (AvgIpc) is 2.15. The van der Waals surface area contributed by atoms with Crippen LogP contribution in [-0.4, -0.2) is 10.2 Å². The average molecular weight is 231 g/mol. The van der Waals surface area contributed by atoms with Crippen molar-refractivity contribution in [3.05, 3.63) is 59.2 Å². The molecule has 0 aliphatic rings. The number of hydrogen-bond donors (Lipinski definition) is 1. The number of aromatic nitrogens is 2. The third kappa shape index (κ3) is 5.11. The van der Waals surface area contributed by atoms with Gasteiger partial charge in [0.1, 0.15) is 0 Å². The highest BCUT2D eigenvalue weighted by molar-refractivity contribution is 5.14. The molecule has 2 aromatic heterocycles. The topological polar surface area (TPSA) is 37.0 Å². The monoisotopic (exact) mass is 231 g/mol. The Morgan fingerprint density at radius 1 is 0.824 bits per heavy atom. The second kappa shape index (κ2) is 5.99. The minimum Gasteiger partial charge on any atom is -0.285 e. The summed E-state index contributed by atoms with van der Waals surface area (Å²) in [7, 11) is 0. The lowest BCUT2D eigenvalue weighted by atomic mass is 10.2. The molecule has 0 radical (unpaired) electrons. The molecule has 0 atom stereocenters. The summed E-state index contributed by atoms with van der Waals surface area (Å²) in [5.41, 5.74) is 4.59. The van der Waals surface area contributed by atoms with E-state index in [2.05, 4.69) is 11.1 Å². The number of pyridine rings is 2. The maximum absolute atomic E-state index is 8.91. The molecule has 0 aliphatic heterocycles. The van der Waals surface area contributed by atoms with Crippen molar-refractivity contribution in [2.75, 3.05) is 0 Å². The van der Waals surface area contributed by atoms with E-state index in [1.54, 1.807) is 12.4 Å². The van der Waals surface area contributed by atoms with Crippen LogP contribution in [0, 0.1) is 27.7 Å². The Bertz CT molecular complexity index is 428. The predicted octanol–water partition coefficient (Wildman–Crippen LogP) is 2.53. The van der Waals surface area contributed by atoms with Crippen LogP contribution in [0.5, 0.6) is 0 Å². The lowest BCUT2D eigenvalue weighted by molar-refractivity contribution is -0.905. The number of nitrogens with zero attached hydrogens (tertiary/aromatic N) is 2. The molecule has 90 valence electrons. The minimum atomic E-state index is 1.07. The molecule has 0 aromatic carbocycles. The highest BCUT2D eigenvalue weighted by Crippen LogP contribution is 1.97. The highest BCUT2D eigenvalue weighted by atomic mass is 16.5. The van der Waals surface area contributed by atoms with Gasteiger partial charge in [-0.2, -0.15) is 0 Å². The third-order valence-electron chi connectivity index (χ3n) is 2.14. The fraction of sp³-hybridized carbons (Fsp3) is 0.286. The van der Waals surface area contributed by atoms with Crippen LogP contribution in [0.2, 0.25) is 0 Å². The van der Waals surface area contributed by atoms with Crippen LogP contribution in [0.15, 0.2) is 36.9 Å². The van der Waals surface area contributed by atoms with Crippen LogP contribution in [0.1, 0.15) is 22.3 Å². The van der Waals surface area contributed by atoms with Crippen molar-refractivity contribution in [3.8, 4) is 0 Å². The molecule has 0 aliphatic carbocycles. The van der Waals surface area contributed by atoms with Crippen LogP contribution in [0.3, 0.4) is 0 Å². The first-order valence-corrected chi connectivity index (χ1v) is 5.54. The fourth-order valence-corrected chi connectivity index (χ4v) is 1.59. The largest absolute Gasteiger partial charge is 0.285 e. The van der Waals surface area contributed by atoms with E-state index >= 15 is 0 Å². The van der Waals surface area contributed by atoms with Crippen LogP contribution < -0.4 is 4.73 Å². The van der Waals surface area contributed by atoms with Crippen LogP contribution in [0.25, 0.3) is 0 Å². The number of rotatable bonds is 0. The molecule has 0 spiro atoms. The first-order chi connectivity index (χ1) is 7.97. The van der Waals surface area contributed by atoms with Crippen LogP contribution >= 0.6 is 0 Å². The number of aryl methyl sites for hydroxylation is 4. The van der Waals surface area contributed by atoms with Gasteiger partial charge in [0, 0.05) is 28.3 Å². The summed E-state index contributed by atoms with van der Waals surface area (Å²) in [6.45, 7) is 7.97. The van der Waals surface area contributed by atoms with E-state index in [0.717, 1.165) is 15.9 Å². The van der Waals surface area contributed by atoms with Crippen LogP contribution in [-0.2, 0) is 0 Å². The van der Waals surface area contributed by atoms with Gasteiger partial charge in [0.15, 0.2) is 0 Å². The van der Waals surface area contributed by atoms with Crippen molar-refractivity contribution < 1.29 is 9.94 Å². The number of hydrogen-bond acceptors (Lipinski definition) is 2. The molecule has 0 saturated carbocycles. The summed E-state index contributed by atoms with van der Waals surface area (Å²) in [6.07, 6.45) is 7.03. The van der Waals surface area contributed by atoms with Crippen molar-refractivity contribution in [2.45, 2.75) is 27.7 Å². The molecule has 2 rings (SSSR count). The Hall–Kier alpha value is -1.90. The maximum atomic E-state index is 8.91.